The van der Waals surface area contributed by atoms with E-state index in [9.17, 15) is 8.42 Å². The van der Waals surface area contributed by atoms with E-state index in [1.54, 1.807) is 6.07 Å². The standard InChI is InChI=1S/C13H18N2O3S/c1-14-6-9-19(16,17)13-3-2-11(10-12(13)14)15-4-7-18-8-5-15/h2-3,10H,4-9H2,1H3. The van der Waals surface area contributed by atoms with Crippen LogP contribution in [0.25, 0.3) is 0 Å². The molecule has 104 valence electrons. The molecule has 0 amide bonds. The van der Waals surface area contributed by atoms with Crippen molar-refractivity contribution in [2.45, 2.75) is 4.90 Å². The Morgan fingerprint density at radius 2 is 1.89 bits per heavy atom. The maximum Gasteiger partial charge on any atom is 0.182 e. The maximum absolute atomic E-state index is 12.0. The predicted molar refractivity (Wildman–Crippen MR) is 74.8 cm³/mol. The number of benzene rings is 1. The topological polar surface area (TPSA) is 49.9 Å². The first-order valence-corrected chi connectivity index (χ1v) is 8.14. The average molecular weight is 282 g/mol. The molecule has 0 unspecified atom stereocenters. The van der Waals surface area contributed by atoms with Crippen molar-refractivity contribution in [3.63, 3.8) is 0 Å². The highest BCUT2D eigenvalue weighted by atomic mass is 32.2. The van der Waals surface area contributed by atoms with Gasteiger partial charge in [0.25, 0.3) is 0 Å². The fourth-order valence-corrected chi connectivity index (χ4v) is 4.12. The van der Waals surface area contributed by atoms with Crippen molar-refractivity contribution in [1.82, 2.24) is 0 Å². The van der Waals surface area contributed by atoms with Crippen molar-refractivity contribution in [2.24, 2.45) is 0 Å². The van der Waals surface area contributed by atoms with Crippen LogP contribution < -0.4 is 9.80 Å². The Balaban J connectivity index is 2.00. The van der Waals surface area contributed by atoms with Gasteiger partial charge in [-0.05, 0) is 18.2 Å². The summed E-state index contributed by atoms with van der Waals surface area (Å²) in [5.74, 6) is 0.202. The molecule has 1 aromatic carbocycles. The molecule has 0 aliphatic carbocycles. The van der Waals surface area contributed by atoms with Gasteiger partial charge in [-0.1, -0.05) is 0 Å². The van der Waals surface area contributed by atoms with Crippen molar-refractivity contribution < 1.29 is 13.2 Å². The van der Waals surface area contributed by atoms with Crippen LogP contribution in [-0.4, -0.2) is 54.1 Å². The summed E-state index contributed by atoms with van der Waals surface area (Å²) in [4.78, 5) is 4.71. The molecule has 1 saturated heterocycles. The molecule has 0 aromatic heterocycles. The summed E-state index contributed by atoms with van der Waals surface area (Å²) in [7, 11) is -1.17. The van der Waals surface area contributed by atoms with Crippen LogP contribution in [0.4, 0.5) is 11.4 Å². The molecule has 3 rings (SSSR count). The van der Waals surface area contributed by atoms with E-state index in [0.717, 1.165) is 37.7 Å². The van der Waals surface area contributed by atoms with E-state index < -0.39 is 9.84 Å². The summed E-state index contributed by atoms with van der Waals surface area (Å²) >= 11 is 0. The molecular weight excluding hydrogens is 264 g/mol. The van der Waals surface area contributed by atoms with Gasteiger partial charge >= 0.3 is 0 Å². The Morgan fingerprint density at radius 3 is 2.63 bits per heavy atom. The molecule has 1 aromatic rings. The van der Waals surface area contributed by atoms with Gasteiger partial charge in [-0.3, -0.25) is 0 Å². The third-order valence-electron chi connectivity index (χ3n) is 3.76. The highest BCUT2D eigenvalue weighted by Crippen LogP contribution is 2.33. The fraction of sp³-hybridized carbons (Fsp3) is 0.538. The van der Waals surface area contributed by atoms with Gasteiger partial charge in [0.15, 0.2) is 9.84 Å². The number of sulfone groups is 1. The Labute approximate surface area is 113 Å². The lowest BCUT2D eigenvalue weighted by molar-refractivity contribution is 0.122. The summed E-state index contributed by atoms with van der Waals surface area (Å²) in [6.45, 7) is 3.73. The van der Waals surface area contributed by atoms with Crippen molar-refractivity contribution in [2.75, 3.05) is 55.4 Å². The summed E-state index contributed by atoms with van der Waals surface area (Å²) in [5, 5.41) is 0. The molecule has 19 heavy (non-hydrogen) atoms. The summed E-state index contributed by atoms with van der Waals surface area (Å²) in [5.41, 5.74) is 1.89. The van der Waals surface area contributed by atoms with Crippen LogP contribution in [0.15, 0.2) is 23.1 Å². The molecular formula is C13H18N2O3S. The molecule has 2 aliphatic rings. The van der Waals surface area contributed by atoms with Crippen LogP contribution in [0.2, 0.25) is 0 Å². The van der Waals surface area contributed by atoms with Gasteiger partial charge in [0.1, 0.15) is 0 Å². The van der Waals surface area contributed by atoms with Crippen LogP contribution in [0, 0.1) is 0 Å². The van der Waals surface area contributed by atoms with Crippen LogP contribution in [0.5, 0.6) is 0 Å². The number of rotatable bonds is 1. The molecule has 0 bridgehead atoms. The van der Waals surface area contributed by atoms with Crippen molar-refractivity contribution in [1.29, 1.82) is 0 Å². The lowest BCUT2D eigenvalue weighted by atomic mass is 10.2. The van der Waals surface area contributed by atoms with E-state index in [2.05, 4.69) is 4.90 Å². The molecule has 2 aliphatic heterocycles. The van der Waals surface area contributed by atoms with E-state index in [0.29, 0.717) is 11.4 Å². The SMILES string of the molecule is CN1CCS(=O)(=O)c2ccc(N3CCOCC3)cc21. The molecule has 0 saturated carbocycles. The quantitative estimate of drug-likeness (QED) is 0.760. The van der Waals surface area contributed by atoms with Crippen molar-refractivity contribution in [3.8, 4) is 0 Å². The minimum Gasteiger partial charge on any atom is -0.378 e. The molecule has 0 atom stereocenters. The van der Waals surface area contributed by atoms with Gasteiger partial charge in [0.2, 0.25) is 0 Å². The Bertz CT molecular complexity index is 580. The largest absolute Gasteiger partial charge is 0.378 e. The summed E-state index contributed by atoms with van der Waals surface area (Å²) in [6, 6.07) is 5.63. The molecule has 0 N–H and O–H groups in total. The average Bonchev–Trinajstić information content (AvgIpc) is 2.44. The third kappa shape index (κ3) is 2.30. The molecule has 0 spiro atoms. The second-order valence-electron chi connectivity index (χ2n) is 4.99. The molecule has 2 heterocycles. The van der Waals surface area contributed by atoms with E-state index in [4.69, 9.17) is 4.74 Å². The van der Waals surface area contributed by atoms with E-state index in [1.807, 2.05) is 24.1 Å². The maximum atomic E-state index is 12.0. The number of nitrogens with zero attached hydrogens (tertiary/aromatic N) is 2. The molecule has 6 heteroatoms. The van der Waals surface area contributed by atoms with Crippen LogP contribution >= 0.6 is 0 Å². The first-order chi connectivity index (χ1) is 9.08. The number of hydrogen-bond donors (Lipinski definition) is 0. The van der Waals surface area contributed by atoms with Gasteiger partial charge in [-0.2, -0.15) is 0 Å². The molecule has 0 radical (unpaired) electrons. The number of fused-ring (bicyclic) bond motifs is 1. The van der Waals surface area contributed by atoms with Gasteiger partial charge in [0.05, 0.1) is 29.5 Å². The van der Waals surface area contributed by atoms with Gasteiger partial charge in [-0.25, -0.2) is 8.42 Å². The Morgan fingerprint density at radius 1 is 1.16 bits per heavy atom. The smallest absolute Gasteiger partial charge is 0.182 e. The highest BCUT2D eigenvalue weighted by molar-refractivity contribution is 7.91. The zero-order chi connectivity index (χ0) is 13.5. The second-order valence-corrected chi connectivity index (χ2v) is 7.07. The van der Waals surface area contributed by atoms with E-state index >= 15 is 0 Å². The third-order valence-corrected chi connectivity index (χ3v) is 5.50. The number of hydrogen-bond acceptors (Lipinski definition) is 5. The zero-order valence-electron chi connectivity index (χ0n) is 11.0. The van der Waals surface area contributed by atoms with Crippen LogP contribution in [0.3, 0.4) is 0 Å². The van der Waals surface area contributed by atoms with Crippen molar-refractivity contribution >= 4 is 21.2 Å². The number of morpholine rings is 1. The molecule has 1 fully saturated rings. The Hall–Kier alpha value is -1.27. The minimum atomic E-state index is -3.11. The minimum absolute atomic E-state index is 0.202. The Kier molecular flexibility index (Phi) is 3.14. The summed E-state index contributed by atoms with van der Waals surface area (Å²) < 4.78 is 29.4. The normalized spacial score (nSPS) is 22.2. The first-order valence-electron chi connectivity index (χ1n) is 6.48. The van der Waals surface area contributed by atoms with Gasteiger partial charge < -0.3 is 14.5 Å². The lowest BCUT2D eigenvalue weighted by Gasteiger charge is -2.32. The number of anilines is 2. The zero-order valence-corrected chi connectivity index (χ0v) is 11.8. The van der Waals surface area contributed by atoms with E-state index in [1.165, 1.54) is 0 Å². The van der Waals surface area contributed by atoms with E-state index in [-0.39, 0.29) is 5.75 Å². The van der Waals surface area contributed by atoms with Gasteiger partial charge in [-0.15, -0.1) is 0 Å². The molecule has 5 nitrogen and oxygen atoms in total. The lowest BCUT2D eigenvalue weighted by Crippen LogP contribution is -2.37. The monoisotopic (exact) mass is 282 g/mol. The predicted octanol–water partition coefficient (Wildman–Crippen LogP) is 0.747. The van der Waals surface area contributed by atoms with Crippen molar-refractivity contribution in [3.05, 3.63) is 18.2 Å². The highest BCUT2D eigenvalue weighted by Gasteiger charge is 2.27. The van der Waals surface area contributed by atoms with Crippen LogP contribution in [-0.2, 0) is 14.6 Å². The number of ether oxygens (including phenoxy) is 1. The second kappa shape index (κ2) is 4.68. The van der Waals surface area contributed by atoms with Crippen LogP contribution in [0.1, 0.15) is 0 Å². The van der Waals surface area contributed by atoms with Gasteiger partial charge in [0, 0.05) is 32.4 Å². The fourth-order valence-electron chi connectivity index (χ4n) is 2.57. The first kappa shape index (κ1) is 12.7. The summed E-state index contributed by atoms with van der Waals surface area (Å²) in [6.07, 6.45) is 0.